The third-order valence-electron chi connectivity index (χ3n) is 2.94. The molecule has 3 nitrogen and oxygen atoms in total. The maximum absolute atomic E-state index is 4.35. The van der Waals surface area contributed by atoms with Crippen molar-refractivity contribution in [2.24, 2.45) is 5.92 Å². The van der Waals surface area contributed by atoms with Crippen molar-refractivity contribution in [3.63, 3.8) is 0 Å². The van der Waals surface area contributed by atoms with Gasteiger partial charge in [0.15, 0.2) is 0 Å². The Morgan fingerprint density at radius 2 is 2.07 bits per heavy atom. The molecule has 1 saturated carbocycles. The molecule has 0 spiro atoms. The summed E-state index contributed by atoms with van der Waals surface area (Å²) in [6.07, 6.45) is 7.89. The summed E-state index contributed by atoms with van der Waals surface area (Å²) in [4.78, 5) is 10.8. The van der Waals surface area contributed by atoms with Crippen LogP contribution < -0.4 is 4.90 Å². The second-order valence-electron chi connectivity index (χ2n) is 4.20. The lowest BCUT2D eigenvalue weighted by Crippen LogP contribution is -2.30. The molecule has 82 valence electrons. The average Bonchev–Trinajstić information content (AvgIpc) is 2.23. The van der Waals surface area contributed by atoms with Crippen molar-refractivity contribution in [3.8, 4) is 0 Å². The van der Waals surface area contributed by atoms with Gasteiger partial charge in [0.25, 0.3) is 0 Å². The van der Waals surface area contributed by atoms with Gasteiger partial charge in [-0.25, -0.2) is 9.97 Å². The highest BCUT2D eigenvalue weighted by molar-refractivity contribution is 9.08. The van der Waals surface area contributed by atoms with Crippen molar-refractivity contribution >= 4 is 21.9 Å². The van der Waals surface area contributed by atoms with E-state index in [1.165, 1.54) is 19.3 Å². The molecule has 0 aromatic carbocycles. The van der Waals surface area contributed by atoms with Crippen LogP contribution in [0.2, 0.25) is 0 Å². The van der Waals surface area contributed by atoms with Gasteiger partial charge in [0.05, 0.1) is 0 Å². The SMILES string of the molecule is CN(CC1CCC1)c1ncc(CBr)cn1. The largest absolute Gasteiger partial charge is 0.344 e. The third kappa shape index (κ3) is 2.68. The lowest BCUT2D eigenvalue weighted by Gasteiger charge is -2.30. The Kier molecular flexibility index (Phi) is 3.57. The van der Waals surface area contributed by atoms with Crippen LogP contribution in [0, 0.1) is 5.92 Å². The van der Waals surface area contributed by atoms with E-state index >= 15 is 0 Å². The first kappa shape index (κ1) is 10.9. The predicted octanol–water partition coefficient (Wildman–Crippen LogP) is 2.61. The summed E-state index contributed by atoms with van der Waals surface area (Å²) >= 11 is 3.39. The van der Waals surface area contributed by atoms with Crippen molar-refractivity contribution in [3.05, 3.63) is 18.0 Å². The molecular formula is C11H16BrN3. The molecule has 1 fully saturated rings. The van der Waals surface area contributed by atoms with Gasteiger partial charge in [0.1, 0.15) is 0 Å². The fraction of sp³-hybridized carbons (Fsp3) is 0.636. The van der Waals surface area contributed by atoms with E-state index in [-0.39, 0.29) is 0 Å². The molecule has 1 heterocycles. The first-order valence-electron chi connectivity index (χ1n) is 5.37. The van der Waals surface area contributed by atoms with Gasteiger partial charge >= 0.3 is 0 Å². The minimum absolute atomic E-state index is 0.819. The number of alkyl halides is 1. The van der Waals surface area contributed by atoms with E-state index < -0.39 is 0 Å². The maximum Gasteiger partial charge on any atom is 0.225 e. The molecular weight excluding hydrogens is 254 g/mol. The van der Waals surface area contributed by atoms with E-state index in [1.54, 1.807) is 0 Å². The van der Waals surface area contributed by atoms with Gasteiger partial charge in [-0.2, -0.15) is 0 Å². The van der Waals surface area contributed by atoms with E-state index in [4.69, 9.17) is 0 Å². The van der Waals surface area contributed by atoms with Crippen LogP contribution in [0.4, 0.5) is 5.95 Å². The Labute approximate surface area is 99.0 Å². The normalized spacial score (nSPS) is 16.1. The molecule has 0 N–H and O–H groups in total. The lowest BCUT2D eigenvalue weighted by atomic mass is 9.85. The smallest absolute Gasteiger partial charge is 0.225 e. The third-order valence-corrected chi connectivity index (χ3v) is 3.59. The molecule has 0 radical (unpaired) electrons. The fourth-order valence-corrected chi connectivity index (χ4v) is 2.05. The summed E-state index contributed by atoms with van der Waals surface area (Å²) in [6, 6.07) is 0. The Bertz CT molecular complexity index is 308. The number of hydrogen-bond acceptors (Lipinski definition) is 3. The second-order valence-corrected chi connectivity index (χ2v) is 4.76. The van der Waals surface area contributed by atoms with Gasteiger partial charge in [-0.15, -0.1) is 0 Å². The molecule has 2 rings (SSSR count). The zero-order chi connectivity index (χ0) is 10.7. The molecule has 1 aliphatic rings. The minimum Gasteiger partial charge on any atom is -0.344 e. The lowest BCUT2D eigenvalue weighted by molar-refractivity contribution is 0.320. The molecule has 0 amide bonds. The van der Waals surface area contributed by atoms with Gasteiger partial charge in [0.2, 0.25) is 5.95 Å². The number of anilines is 1. The first-order valence-corrected chi connectivity index (χ1v) is 6.50. The molecule has 15 heavy (non-hydrogen) atoms. The summed E-state index contributed by atoms with van der Waals surface area (Å²) in [5.41, 5.74) is 1.12. The van der Waals surface area contributed by atoms with E-state index in [2.05, 4.69) is 37.8 Å². The molecule has 0 aliphatic heterocycles. The van der Waals surface area contributed by atoms with E-state index in [1.807, 2.05) is 12.4 Å². The number of halogens is 1. The highest BCUT2D eigenvalue weighted by Crippen LogP contribution is 2.27. The topological polar surface area (TPSA) is 29.0 Å². The first-order chi connectivity index (χ1) is 7.29. The number of aromatic nitrogens is 2. The number of hydrogen-bond donors (Lipinski definition) is 0. The summed E-state index contributed by atoms with van der Waals surface area (Å²) in [5, 5.41) is 0.819. The van der Waals surface area contributed by atoms with Crippen molar-refractivity contribution in [1.82, 2.24) is 9.97 Å². The Morgan fingerprint density at radius 1 is 1.40 bits per heavy atom. The van der Waals surface area contributed by atoms with Gasteiger partial charge in [-0.3, -0.25) is 0 Å². The predicted molar refractivity (Wildman–Crippen MR) is 65.3 cm³/mol. The maximum atomic E-state index is 4.35. The van der Waals surface area contributed by atoms with Gasteiger partial charge < -0.3 is 4.90 Å². The molecule has 0 bridgehead atoms. The van der Waals surface area contributed by atoms with Crippen LogP contribution in [0.15, 0.2) is 12.4 Å². The van der Waals surface area contributed by atoms with Crippen LogP contribution in [0.1, 0.15) is 24.8 Å². The quantitative estimate of drug-likeness (QED) is 0.787. The minimum atomic E-state index is 0.819. The average molecular weight is 270 g/mol. The van der Waals surface area contributed by atoms with Crippen molar-refractivity contribution < 1.29 is 0 Å². The van der Waals surface area contributed by atoms with Crippen molar-refractivity contribution in [2.75, 3.05) is 18.5 Å². The number of rotatable bonds is 4. The monoisotopic (exact) mass is 269 g/mol. The fourth-order valence-electron chi connectivity index (χ4n) is 1.76. The van der Waals surface area contributed by atoms with Gasteiger partial charge in [0, 0.05) is 31.3 Å². The summed E-state index contributed by atoms with van der Waals surface area (Å²) in [7, 11) is 2.07. The van der Waals surface area contributed by atoms with Crippen LogP contribution in [-0.2, 0) is 5.33 Å². The highest BCUT2D eigenvalue weighted by atomic mass is 79.9. The molecule has 1 aromatic heterocycles. The van der Waals surface area contributed by atoms with E-state index in [0.29, 0.717) is 0 Å². The van der Waals surface area contributed by atoms with Crippen molar-refractivity contribution in [2.45, 2.75) is 24.6 Å². The Balaban J connectivity index is 1.94. The molecule has 1 aliphatic carbocycles. The standard InChI is InChI=1S/C11H16BrN3/c1-15(8-9-3-2-4-9)11-13-6-10(5-12)7-14-11/h6-7,9H,2-5,8H2,1H3. The molecule has 4 heteroatoms. The molecule has 1 aromatic rings. The van der Waals surface area contributed by atoms with Crippen LogP contribution in [0.25, 0.3) is 0 Å². The van der Waals surface area contributed by atoms with E-state index in [0.717, 1.165) is 29.3 Å². The zero-order valence-electron chi connectivity index (χ0n) is 8.99. The van der Waals surface area contributed by atoms with Crippen molar-refractivity contribution in [1.29, 1.82) is 0 Å². The van der Waals surface area contributed by atoms with Gasteiger partial charge in [-0.05, 0) is 24.3 Å². The van der Waals surface area contributed by atoms with Crippen LogP contribution in [0.3, 0.4) is 0 Å². The zero-order valence-corrected chi connectivity index (χ0v) is 10.6. The number of nitrogens with zero attached hydrogens (tertiary/aromatic N) is 3. The van der Waals surface area contributed by atoms with Crippen LogP contribution in [-0.4, -0.2) is 23.6 Å². The van der Waals surface area contributed by atoms with Crippen LogP contribution >= 0.6 is 15.9 Å². The van der Waals surface area contributed by atoms with E-state index in [9.17, 15) is 0 Å². The highest BCUT2D eigenvalue weighted by Gasteiger charge is 2.19. The van der Waals surface area contributed by atoms with Crippen LogP contribution in [0.5, 0.6) is 0 Å². The molecule has 0 unspecified atom stereocenters. The second kappa shape index (κ2) is 4.92. The molecule has 0 saturated heterocycles. The van der Waals surface area contributed by atoms with Gasteiger partial charge in [-0.1, -0.05) is 22.4 Å². The summed E-state index contributed by atoms with van der Waals surface area (Å²) in [6.45, 7) is 1.09. The molecule has 0 atom stereocenters. The Hall–Kier alpha value is -0.640. The Morgan fingerprint density at radius 3 is 2.53 bits per heavy atom. The summed E-state index contributed by atoms with van der Waals surface area (Å²) < 4.78 is 0. The summed E-state index contributed by atoms with van der Waals surface area (Å²) in [5.74, 6) is 1.70.